The van der Waals surface area contributed by atoms with Gasteiger partial charge in [-0.2, -0.15) is 5.10 Å². The van der Waals surface area contributed by atoms with Crippen molar-refractivity contribution in [3.8, 4) is 22.8 Å². The number of thiophene rings is 1. The summed E-state index contributed by atoms with van der Waals surface area (Å²) < 4.78 is 16.3. The summed E-state index contributed by atoms with van der Waals surface area (Å²) in [5, 5.41) is 9.87. The predicted molar refractivity (Wildman–Crippen MR) is 129 cm³/mol. The second-order valence-electron chi connectivity index (χ2n) is 7.03. The van der Waals surface area contributed by atoms with E-state index in [1.54, 1.807) is 42.6 Å². The van der Waals surface area contributed by atoms with Crippen LogP contribution in [0.3, 0.4) is 0 Å². The minimum atomic E-state index is -0.456. The number of carbonyl (C=O) groups excluding carboxylic acids is 2. The van der Waals surface area contributed by atoms with E-state index in [1.165, 1.54) is 17.6 Å². The van der Waals surface area contributed by atoms with Crippen LogP contribution in [0.2, 0.25) is 0 Å². The molecule has 0 aliphatic carbocycles. The normalized spacial score (nSPS) is 10.9. The van der Waals surface area contributed by atoms with Crippen LogP contribution in [0.15, 0.2) is 75.7 Å². The molecule has 1 amide bonds. The molecule has 0 saturated heterocycles. The van der Waals surface area contributed by atoms with Gasteiger partial charge in [-0.15, -0.1) is 11.3 Å². The molecule has 2 aromatic carbocycles. The number of aromatic nitrogens is 1. The SMILES string of the molecule is CCOc1cc(/C=N\NC(=O)c2c(-c3ccccc3)noc2C)ccc1OC(=O)c1cccs1. The van der Waals surface area contributed by atoms with Crippen LogP contribution in [-0.2, 0) is 0 Å². The summed E-state index contributed by atoms with van der Waals surface area (Å²) in [6.07, 6.45) is 1.47. The van der Waals surface area contributed by atoms with Gasteiger partial charge < -0.3 is 14.0 Å². The molecule has 1 N–H and O–H groups in total. The van der Waals surface area contributed by atoms with Gasteiger partial charge in [-0.1, -0.05) is 41.6 Å². The van der Waals surface area contributed by atoms with Gasteiger partial charge in [0.2, 0.25) is 0 Å². The van der Waals surface area contributed by atoms with Crippen molar-refractivity contribution in [1.82, 2.24) is 10.6 Å². The maximum atomic E-state index is 12.8. The largest absolute Gasteiger partial charge is 0.490 e. The Kier molecular flexibility index (Phi) is 7.14. The lowest BCUT2D eigenvalue weighted by molar-refractivity contribution is 0.0733. The minimum absolute atomic E-state index is 0.300. The topological polar surface area (TPSA) is 103 Å². The third-order valence-corrected chi connectivity index (χ3v) is 5.56. The number of hydrogen-bond donors (Lipinski definition) is 1. The fourth-order valence-corrected chi connectivity index (χ4v) is 3.76. The molecule has 0 radical (unpaired) electrons. The van der Waals surface area contributed by atoms with Crippen LogP contribution in [0.5, 0.6) is 11.5 Å². The molecule has 0 fully saturated rings. The maximum absolute atomic E-state index is 12.8. The zero-order chi connectivity index (χ0) is 23.9. The predicted octanol–water partition coefficient (Wildman–Crippen LogP) is 5.09. The van der Waals surface area contributed by atoms with Crippen molar-refractivity contribution < 1.29 is 23.6 Å². The molecule has 0 saturated carbocycles. The highest BCUT2D eigenvalue weighted by atomic mass is 32.1. The Morgan fingerprint density at radius 3 is 2.68 bits per heavy atom. The molecule has 0 unspecified atom stereocenters. The number of benzene rings is 2. The third kappa shape index (κ3) is 5.21. The van der Waals surface area contributed by atoms with Gasteiger partial charge in [0.15, 0.2) is 11.5 Å². The lowest BCUT2D eigenvalue weighted by atomic mass is 10.1. The van der Waals surface area contributed by atoms with Gasteiger partial charge in [0.1, 0.15) is 21.9 Å². The maximum Gasteiger partial charge on any atom is 0.353 e. The van der Waals surface area contributed by atoms with E-state index in [-0.39, 0.29) is 0 Å². The van der Waals surface area contributed by atoms with Crippen molar-refractivity contribution in [3.63, 3.8) is 0 Å². The molecule has 8 nitrogen and oxygen atoms in total. The van der Waals surface area contributed by atoms with Gasteiger partial charge in [0, 0.05) is 5.56 Å². The molecule has 2 heterocycles. The van der Waals surface area contributed by atoms with Crippen molar-refractivity contribution in [1.29, 1.82) is 0 Å². The highest BCUT2D eigenvalue weighted by Gasteiger charge is 2.21. The number of hydrazone groups is 1. The molecule has 9 heteroatoms. The minimum Gasteiger partial charge on any atom is -0.490 e. The highest BCUT2D eigenvalue weighted by Crippen LogP contribution is 2.29. The van der Waals surface area contributed by atoms with Crippen molar-refractivity contribution in [2.75, 3.05) is 6.61 Å². The number of amides is 1. The first kappa shape index (κ1) is 22.9. The fraction of sp³-hybridized carbons (Fsp3) is 0.120. The first-order valence-corrected chi connectivity index (χ1v) is 11.3. The fourth-order valence-electron chi connectivity index (χ4n) is 3.16. The average Bonchev–Trinajstić information content (AvgIpc) is 3.51. The van der Waals surface area contributed by atoms with Crippen molar-refractivity contribution in [2.24, 2.45) is 5.10 Å². The van der Waals surface area contributed by atoms with Gasteiger partial charge in [-0.25, -0.2) is 10.2 Å². The molecule has 2 aromatic heterocycles. The molecule has 0 atom stereocenters. The number of esters is 1. The Bertz CT molecular complexity index is 1310. The van der Waals surface area contributed by atoms with Gasteiger partial charge in [0.25, 0.3) is 5.91 Å². The lowest BCUT2D eigenvalue weighted by Crippen LogP contribution is -2.18. The second kappa shape index (κ2) is 10.6. The van der Waals surface area contributed by atoms with Crippen molar-refractivity contribution in [2.45, 2.75) is 13.8 Å². The molecular weight excluding hydrogens is 454 g/mol. The molecule has 0 spiro atoms. The lowest BCUT2D eigenvalue weighted by Gasteiger charge is -2.10. The van der Waals surface area contributed by atoms with E-state index in [1.807, 2.05) is 37.3 Å². The van der Waals surface area contributed by atoms with Crippen LogP contribution in [0.1, 0.15) is 38.3 Å². The number of nitrogens with zero attached hydrogens (tertiary/aromatic N) is 2. The van der Waals surface area contributed by atoms with E-state index in [2.05, 4.69) is 15.7 Å². The Morgan fingerprint density at radius 1 is 1.12 bits per heavy atom. The number of nitrogens with one attached hydrogen (secondary N) is 1. The smallest absolute Gasteiger partial charge is 0.353 e. The molecule has 0 aliphatic heterocycles. The van der Waals surface area contributed by atoms with Crippen LogP contribution >= 0.6 is 11.3 Å². The van der Waals surface area contributed by atoms with Crippen LogP contribution < -0.4 is 14.9 Å². The number of hydrogen-bond acceptors (Lipinski definition) is 8. The van der Waals surface area contributed by atoms with E-state index in [9.17, 15) is 9.59 Å². The van der Waals surface area contributed by atoms with Gasteiger partial charge >= 0.3 is 5.97 Å². The van der Waals surface area contributed by atoms with Gasteiger partial charge in [-0.05, 0) is 49.1 Å². The molecule has 34 heavy (non-hydrogen) atoms. The number of ether oxygens (including phenoxy) is 2. The molecule has 0 bridgehead atoms. The van der Waals surface area contributed by atoms with E-state index in [0.29, 0.717) is 45.6 Å². The molecule has 0 aliphatic rings. The van der Waals surface area contributed by atoms with Crippen molar-refractivity contribution in [3.05, 3.63) is 87.8 Å². The molecule has 172 valence electrons. The van der Waals surface area contributed by atoms with Crippen LogP contribution in [0.25, 0.3) is 11.3 Å². The summed E-state index contributed by atoms with van der Waals surface area (Å²) in [5.74, 6) is 0.184. The van der Waals surface area contributed by atoms with Crippen LogP contribution in [0, 0.1) is 6.92 Å². The summed E-state index contributed by atoms with van der Waals surface area (Å²) in [7, 11) is 0. The summed E-state index contributed by atoms with van der Waals surface area (Å²) >= 11 is 1.30. The van der Waals surface area contributed by atoms with Crippen LogP contribution in [0.4, 0.5) is 0 Å². The van der Waals surface area contributed by atoms with E-state index >= 15 is 0 Å². The van der Waals surface area contributed by atoms with Crippen LogP contribution in [-0.4, -0.2) is 29.9 Å². The Morgan fingerprint density at radius 2 is 1.94 bits per heavy atom. The average molecular weight is 476 g/mol. The number of aryl methyl sites for hydroxylation is 1. The molecule has 4 aromatic rings. The van der Waals surface area contributed by atoms with Gasteiger partial charge in [0.05, 0.1) is 12.8 Å². The van der Waals surface area contributed by atoms with Crippen molar-refractivity contribution >= 4 is 29.4 Å². The molecule has 4 rings (SSSR count). The number of carbonyl (C=O) groups is 2. The summed E-state index contributed by atoms with van der Waals surface area (Å²) in [6, 6.07) is 17.8. The Balaban J connectivity index is 1.48. The Hall–Kier alpha value is -4.24. The second-order valence-corrected chi connectivity index (χ2v) is 7.98. The van der Waals surface area contributed by atoms with E-state index in [0.717, 1.165) is 5.56 Å². The first-order chi connectivity index (χ1) is 16.6. The highest BCUT2D eigenvalue weighted by molar-refractivity contribution is 7.12. The van der Waals surface area contributed by atoms with Gasteiger partial charge in [-0.3, -0.25) is 4.79 Å². The van der Waals surface area contributed by atoms with E-state index in [4.69, 9.17) is 14.0 Å². The summed E-state index contributed by atoms with van der Waals surface area (Å²) in [6.45, 7) is 3.88. The number of rotatable bonds is 8. The summed E-state index contributed by atoms with van der Waals surface area (Å²) in [5.41, 5.74) is 4.68. The zero-order valence-electron chi connectivity index (χ0n) is 18.5. The monoisotopic (exact) mass is 475 g/mol. The molecular formula is C25H21N3O5S. The quantitative estimate of drug-likeness (QED) is 0.165. The first-order valence-electron chi connectivity index (χ1n) is 10.4. The Labute approximate surface area is 199 Å². The zero-order valence-corrected chi connectivity index (χ0v) is 19.3. The third-order valence-electron chi connectivity index (χ3n) is 4.71. The van der Waals surface area contributed by atoms with E-state index < -0.39 is 11.9 Å². The summed E-state index contributed by atoms with van der Waals surface area (Å²) in [4.78, 5) is 25.5. The standard InChI is InChI=1S/C25H21N3O5S/c1-3-31-20-14-17(11-12-19(20)32-25(30)21-10-7-13-34-21)15-26-27-24(29)22-16(2)33-28-23(22)18-8-5-4-6-9-18/h4-15H,3H2,1-2H3,(H,27,29)/b26-15-.